The number of ether oxygens (including phenoxy) is 2. The molecule has 0 aliphatic carbocycles. The molecule has 0 saturated carbocycles. The lowest BCUT2D eigenvalue weighted by atomic mass is 10.1. The fourth-order valence-electron chi connectivity index (χ4n) is 1.41. The molecule has 0 aliphatic rings. The van der Waals surface area contributed by atoms with E-state index in [1.807, 2.05) is 0 Å². The Bertz CT molecular complexity index is 351. The van der Waals surface area contributed by atoms with Gasteiger partial charge in [0.05, 0.1) is 0 Å². The summed E-state index contributed by atoms with van der Waals surface area (Å²) in [5, 5.41) is 0. The molecule has 1 atom stereocenters. The summed E-state index contributed by atoms with van der Waals surface area (Å²) in [5.41, 5.74) is -1.43. The zero-order valence-corrected chi connectivity index (χ0v) is 14.1. The monoisotopic (exact) mass is 301 g/mol. The van der Waals surface area contributed by atoms with Gasteiger partial charge in [0.25, 0.3) is 0 Å². The van der Waals surface area contributed by atoms with Gasteiger partial charge in [0.2, 0.25) is 0 Å². The highest BCUT2D eigenvalue weighted by molar-refractivity contribution is 5.88. The van der Waals surface area contributed by atoms with Crippen molar-refractivity contribution in [2.75, 3.05) is 6.54 Å². The van der Waals surface area contributed by atoms with Crippen LogP contribution in [0.2, 0.25) is 0 Å². The number of hydrogen-bond donors (Lipinski definition) is 0. The van der Waals surface area contributed by atoms with Gasteiger partial charge < -0.3 is 14.3 Å². The lowest BCUT2D eigenvalue weighted by Gasteiger charge is -2.29. The highest BCUT2D eigenvalue weighted by Gasteiger charge is 2.31. The van der Waals surface area contributed by atoms with Crippen LogP contribution in [0.5, 0.6) is 0 Å². The molecule has 6 nitrogen and oxygen atoms in total. The van der Waals surface area contributed by atoms with E-state index in [4.69, 9.17) is 9.47 Å². The summed E-state index contributed by atoms with van der Waals surface area (Å²) < 4.78 is 10.4. The van der Waals surface area contributed by atoms with Gasteiger partial charge >= 0.3 is 12.2 Å². The summed E-state index contributed by atoms with van der Waals surface area (Å²) in [6.07, 6.45) is -0.529. The van der Waals surface area contributed by atoms with Crippen LogP contribution in [0.25, 0.3) is 0 Å². The molecule has 1 unspecified atom stereocenters. The van der Waals surface area contributed by atoms with Gasteiger partial charge in [0.1, 0.15) is 17.5 Å². The maximum Gasteiger partial charge on any atom is 0.419 e. The normalized spacial score (nSPS) is 13.3. The molecular formula is C15H27NO5. The molecule has 0 heterocycles. The quantitative estimate of drug-likeness (QED) is 0.744. The van der Waals surface area contributed by atoms with Crippen molar-refractivity contribution < 1.29 is 23.9 Å². The fourth-order valence-corrected chi connectivity index (χ4v) is 1.41. The van der Waals surface area contributed by atoms with E-state index in [1.54, 1.807) is 48.5 Å². The molecule has 0 aromatic heterocycles. The Kier molecular flexibility index (Phi) is 6.86. The summed E-state index contributed by atoms with van der Waals surface area (Å²) in [6, 6.07) is 0. The van der Waals surface area contributed by atoms with Gasteiger partial charge in [0.15, 0.2) is 0 Å². The number of amides is 2. The number of carbonyl (C=O) groups is 3. The highest BCUT2D eigenvalue weighted by Crippen LogP contribution is 2.16. The third kappa shape index (κ3) is 9.05. The van der Waals surface area contributed by atoms with Gasteiger partial charge in [-0.15, -0.1) is 0 Å². The third-order valence-electron chi connectivity index (χ3n) is 2.22. The summed E-state index contributed by atoms with van der Waals surface area (Å²) in [7, 11) is 0. The molecule has 0 N–H and O–H groups in total. The van der Waals surface area contributed by atoms with Crippen LogP contribution in [0.4, 0.5) is 9.59 Å². The first kappa shape index (κ1) is 19.4. The average molecular weight is 301 g/mol. The van der Waals surface area contributed by atoms with E-state index in [9.17, 15) is 14.4 Å². The molecule has 2 amide bonds. The van der Waals surface area contributed by atoms with Gasteiger partial charge in [-0.05, 0) is 47.5 Å². The standard InChI is InChI=1S/C15H27NO5/c1-11(8-9-17)10-16(12(18)20-14(2,3)4)13(19)21-15(5,6)7/h9,11H,8,10H2,1-7H3. The van der Waals surface area contributed by atoms with Gasteiger partial charge in [-0.3, -0.25) is 0 Å². The van der Waals surface area contributed by atoms with Crippen LogP contribution in [0.15, 0.2) is 0 Å². The van der Waals surface area contributed by atoms with E-state index >= 15 is 0 Å². The topological polar surface area (TPSA) is 72.9 Å². The molecular weight excluding hydrogens is 274 g/mol. The number of nitrogens with zero attached hydrogens (tertiary/aromatic N) is 1. The number of hydrogen-bond acceptors (Lipinski definition) is 5. The predicted molar refractivity (Wildman–Crippen MR) is 79.0 cm³/mol. The first-order valence-corrected chi connectivity index (χ1v) is 7.03. The van der Waals surface area contributed by atoms with Crippen molar-refractivity contribution in [3.8, 4) is 0 Å². The Morgan fingerprint density at radius 1 is 1.00 bits per heavy atom. The number of imide groups is 1. The first-order valence-electron chi connectivity index (χ1n) is 7.03. The molecule has 21 heavy (non-hydrogen) atoms. The molecule has 0 aromatic carbocycles. The molecule has 0 aromatic rings. The van der Waals surface area contributed by atoms with Crippen LogP contribution >= 0.6 is 0 Å². The maximum absolute atomic E-state index is 12.1. The van der Waals surface area contributed by atoms with E-state index in [2.05, 4.69) is 0 Å². The SMILES string of the molecule is CC(CC=O)CN(C(=O)OC(C)(C)C)C(=O)OC(C)(C)C. The Hall–Kier alpha value is -1.59. The Balaban J connectivity index is 5.04. The third-order valence-corrected chi connectivity index (χ3v) is 2.22. The van der Waals surface area contributed by atoms with Crippen LogP contribution in [-0.2, 0) is 14.3 Å². The Labute approximate surface area is 126 Å². The molecule has 6 heteroatoms. The zero-order valence-electron chi connectivity index (χ0n) is 14.1. The van der Waals surface area contributed by atoms with Crippen molar-refractivity contribution in [2.45, 2.75) is 66.1 Å². The molecule has 0 aliphatic heterocycles. The van der Waals surface area contributed by atoms with E-state index in [0.717, 1.165) is 11.2 Å². The molecule has 0 radical (unpaired) electrons. The highest BCUT2D eigenvalue weighted by atomic mass is 16.6. The lowest BCUT2D eigenvalue weighted by Crippen LogP contribution is -2.45. The van der Waals surface area contributed by atoms with Crippen LogP contribution in [0.3, 0.4) is 0 Å². The minimum absolute atomic E-state index is 0.0720. The van der Waals surface area contributed by atoms with Gasteiger partial charge in [-0.1, -0.05) is 6.92 Å². The fraction of sp³-hybridized carbons (Fsp3) is 0.800. The number of carbonyl (C=O) groups excluding carboxylic acids is 3. The van der Waals surface area contributed by atoms with Crippen molar-refractivity contribution >= 4 is 18.5 Å². The van der Waals surface area contributed by atoms with E-state index in [0.29, 0.717) is 0 Å². The van der Waals surface area contributed by atoms with E-state index in [1.165, 1.54) is 0 Å². The largest absolute Gasteiger partial charge is 0.443 e. The summed E-state index contributed by atoms with van der Waals surface area (Å²) in [4.78, 5) is 35.7. The van der Waals surface area contributed by atoms with Crippen LogP contribution < -0.4 is 0 Å². The minimum atomic E-state index is -0.769. The smallest absolute Gasteiger partial charge is 0.419 e. The molecule has 0 saturated heterocycles. The Morgan fingerprint density at radius 3 is 1.67 bits per heavy atom. The minimum Gasteiger partial charge on any atom is -0.443 e. The Morgan fingerprint density at radius 2 is 1.38 bits per heavy atom. The van der Waals surface area contributed by atoms with Gasteiger partial charge in [0, 0.05) is 13.0 Å². The van der Waals surface area contributed by atoms with Crippen molar-refractivity contribution in [2.24, 2.45) is 5.92 Å². The summed E-state index contributed by atoms with van der Waals surface area (Å²) in [5.74, 6) is -0.164. The number of aldehydes is 1. The van der Waals surface area contributed by atoms with Gasteiger partial charge in [-0.2, -0.15) is 0 Å². The van der Waals surface area contributed by atoms with Crippen LogP contribution in [-0.4, -0.2) is 41.1 Å². The van der Waals surface area contributed by atoms with Crippen molar-refractivity contribution in [1.29, 1.82) is 0 Å². The van der Waals surface area contributed by atoms with Crippen molar-refractivity contribution in [1.82, 2.24) is 4.90 Å². The van der Waals surface area contributed by atoms with E-state index in [-0.39, 0.29) is 18.9 Å². The molecule has 0 rings (SSSR count). The van der Waals surface area contributed by atoms with Crippen molar-refractivity contribution in [3.63, 3.8) is 0 Å². The molecule has 122 valence electrons. The molecule has 0 spiro atoms. The molecule has 0 bridgehead atoms. The lowest BCUT2D eigenvalue weighted by molar-refractivity contribution is -0.108. The van der Waals surface area contributed by atoms with Crippen molar-refractivity contribution in [3.05, 3.63) is 0 Å². The second kappa shape index (κ2) is 7.43. The first-order chi connectivity index (χ1) is 9.35. The van der Waals surface area contributed by atoms with Crippen LogP contribution in [0, 0.1) is 5.92 Å². The summed E-state index contributed by atoms with van der Waals surface area (Å²) in [6.45, 7) is 12.1. The molecule has 0 fully saturated rings. The second-order valence-corrected chi connectivity index (χ2v) is 7.08. The van der Waals surface area contributed by atoms with Crippen LogP contribution in [0.1, 0.15) is 54.9 Å². The van der Waals surface area contributed by atoms with E-state index < -0.39 is 23.4 Å². The second-order valence-electron chi connectivity index (χ2n) is 7.08. The zero-order chi connectivity index (χ0) is 16.8. The average Bonchev–Trinajstić information content (AvgIpc) is 2.20. The summed E-state index contributed by atoms with van der Waals surface area (Å²) >= 11 is 0. The van der Waals surface area contributed by atoms with Gasteiger partial charge in [-0.25, -0.2) is 14.5 Å². The maximum atomic E-state index is 12.1. The predicted octanol–water partition coefficient (Wildman–Crippen LogP) is 3.38. The number of rotatable bonds is 4.